The van der Waals surface area contributed by atoms with E-state index in [0.717, 1.165) is 28.9 Å². The quantitative estimate of drug-likeness (QED) is 0.633. The fraction of sp³-hybridized carbons (Fsp3) is 0.500. The zero-order chi connectivity index (χ0) is 11.5. The number of hydrogen-bond acceptors (Lipinski definition) is 5. The van der Waals surface area contributed by atoms with E-state index in [4.69, 9.17) is 0 Å². The molecular weight excluding hydrogens is 222 g/mol. The van der Waals surface area contributed by atoms with Gasteiger partial charge in [-0.25, -0.2) is 0 Å². The predicted molar refractivity (Wildman–Crippen MR) is 64.7 cm³/mol. The molecule has 0 bridgehead atoms. The number of rotatable bonds is 5. The summed E-state index contributed by atoms with van der Waals surface area (Å²) in [5.41, 5.74) is 0. The molecule has 0 amide bonds. The second-order valence-corrected chi connectivity index (χ2v) is 4.86. The van der Waals surface area contributed by atoms with Crippen LogP contribution in [0, 0.1) is 0 Å². The van der Waals surface area contributed by atoms with E-state index in [9.17, 15) is 0 Å². The molecule has 2 aromatic heterocycles. The van der Waals surface area contributed by atoms with Crippen LogP contribution in [0.25, 0.3) is 4.96 Å². The molecule has 0 aromatic carbocycles. The van der Waals surface area contributed by atoms with Crippen LogP contribution in [0.15, 0.2) is 12.7 Å². The van der Waals surface area contributed by atoms with E-state index < -0.39 is 0 Å². The van der Waals surface area contributed by atoms with Crippen LogP contribution in [0.3, 0.4) is 0 Å². The first-order valence-electron chi connectivity index (χ1n) is 5.25. The third-order valence-corrected chi connectivity index (χ3v) is 3.04. The lowest BCUT2D eigenvalue weighted by atomic mass is 10.2. The van der Waals surface area contributed by atoms with Crippen molar-refractivity contribution in [2.45, 2.75) is 26.3 Å². The van der Waals surface area contributed by atoms with E-state index in [2.05, 4.69) is 41.0 Å². The maximum atomic E-state index is 4.48. The maximum absolute atomic E-state index is 4.48. The summed E-state index contributed by atoms with van der Waals surface area (Å²) < 4.78 is 1.83. The Hall–Kier alpha value is -1.27. The fourth-order valence-corrected chi connectivity index (χ4v) is 2.19. The van der Waals surface area contributed by atoms with Crippen LogP contribution >= 0.6 is 11.3 Å². The molecule has 2 rings (SSSR count). The number of fused-ring (bicyclic) bond motifs is 1. The van der Waals surface area contributed by atoms with E-state index in [0.29, 0.717) is 5.92 Å². The van der Waals surface area contributed by atoms with Crippen LogP contribution in [-0.2, 0) is 6.54 Å². The molecule has 0 aliphatic rings. The fourth-order valence-electron chi connectivity index (χ4n) is 1.38. The third-order valence-electron chi connectivity index (χ3n) is 2.14. The van der Waals surface area contributed by atoms with Crippen molar-refractivity contribution >= 4 is 16.3 Å². The van der Waals surface area contributed by atoms with Gasteiger partial charge in [0.05, 0.1) is 0 Å². The van der Waals surface area contributed by atoms with Gasteiger partial charge in [-0.05, 0) is 0 Å². The molecule has 0 saturated carbocycles. The van der Waals surface area contributed by atoms with Gasteiger partial charge in [-0.15, -0.1) is 16.8 Å². The molecule has 86 valence electrons. The van der Waals surface area contributed by atoms with Gasteiger partial charge >= 0.3 is 0 Å². The maximum Gasteiger partial charge on any atom is 0.234 e. The zero-order valence-electron chi connectivity index (χ0n) is 9.47. The van der Waals surface area contributed by atoms with Crippen LogP contribution in [0.1, 0.15) is 30.6 Å². The van der Waals surface area contributed by atoms with Gasteiger partial charge < -0.3 is 5.32 Å². The summed E-state index contributed by atoms with van der Waals surface area (Å²) in [4.78, 5) is 0.860. The van der Waals surface area contributed by atoms with Crippen molar-refractivity contribution in [1.29, 1.82) is 0 Å². The SMILES string of the molecule is C=CCNCc1nn2c(C(C)C)nnc2s1. The molecule has 0 saturated heterocycles. The van der Waals surface area contributed by atoms with Gasteiger partial charge in [0.2, 0.25) is 4.96 Å². The van der Waals surface area contributed by atoms with Gasteiger partial charge in [-0.3, -0.25) is 0 Å². The largest absolute Gasteiger partial charge is 0.307 e. The molecule has 6 heteroatoms. The summed E-state index contributed by atoms with van der Waals surface area (Å²) in [7, 11) is 0. The molecule has 0 unspecified atom stereocenters. The van der Waals surface area contributed by atoms with Gasteiger partial charge in [0.15, 0.2) is 5.82 Å². The summed E-state index contributed by atoms with van der Waals surface area (Å²) in [5.74, 6) is 1.26. The minimum Gasteiger partial charge on any atom is -0.307 e. The van der Waals surface area contributed by atoms with Crippen molar-refractivity contribution in [3.8, 4) is 0 Å². The number of hydrogen-bond donors (Lipinski definition) is 1. The summed E-state index contributed by atoms with van der Waals surface area (Å²) in [6.45, 7) is 9.37. The van der Waals surface area contributed by atoms with Crippen molar-refractivity contribution < 1.29 is 0 Å². The summed E-state index contributed by atoms with van der Waals surface area (Å²) in [6.07, 6.45) is 1.83. The highest BCUT2D eigenvalue weighted by molar-refractivity contribution is 7.16. The lowest BCUT2D eigenvalue weighted by Crippen LogP contribution is -2.12. The lowest BCUT2D eigenvalue weighted by Gasteiger charge is -1.98. The summed E-state index contributed by atoms with van der Waals surface area (Å²) >= 11 is 1.57. The molecule has 5 nitrogen and oxygen atoms in total. The minimum atomic E-state index is 0.339. The Labute approximate surface area is 98.2 Å². The smallest absolute Gasteiger partial charge is 0.234 e. The van der Waals surface area contributed by atoms with Gasteiger partial charge in [0, 0.05) is 19.0 Å². The number of aromatic nitrogens is 4. The lowest BCUT2D eigenvalue weighted by molar-refractivity contribution is 0.695. The van der Waals surface area contributed by atoms with Gasteiger partial charge in [-0.1, -0.05) is 31.3 Å². The van der Waals surface area contributed by atoms with E-state index in [1.807, 2.05) is 10.6 Å². The van der Waals surface area contributed by atoms with Crippen LogP contribution < -0.4 is 5.32 Å². The van der Waals surface area contributed by atoms with Crippen molar-refractivity contribution in [1.82, 2.24) is 25.1 Å². The van der Waals surface area contributed by atoms with Crippen LogP contribution in [0.5, 0.6) is 0 Å². The highest BCUT2D eigenvalue weighted by atomic mass is 32.1. The summed E-state index contributed by atoms with van der Waals surface area (Å²) in [6, 6.07) is 0. The first-order chi connectivity index (χ1) is 7.72. The molecule has 1 N–H and O–H groups in total. The molecule has 2 aromatic rings. The second-order valence-electron chi connectivity index (χ2n) is 3.82. The molecule has 0 aliphatic heterocycles. The molecule has 16 heavy (non-hydrogen) atoms. The average Bonchev–Trinajstić information content (AvgIpc) is 2.76. The van der Waals surface area contributed by atoms with Crippen LogP contribution in [0.4, 0.5) is 0 Å². The monoisotopic (exact) mass is 237 g/mol. The van der Waals surface area contributed by atoms with Crippen molar-refractivity contribution in [2.75, 3.05) is 6.54 Å². The first kappa shape index (κ1) is 11.2. The van der Waals surface area contributed by atoms with Crippen molar-refractivity contribution in [2.24, 2.45) is 0 Å². The normalized spacial score (nSPS) is 11.4. The van der Waals surface area contributed by atoms with E-state index in [1.54, 1.807) is 11.3 Å². The van der Waals surface area contributed by atoms with Gasteiger partial charge in [0.25, 0.3) is 0 Å². The second kappa shape index (κ2) is 4.71. The molecular formula is C10H15N5S. The third kappa shape index (κ3) is 2.12. The zero-order valence-corrected chi connectivity index (χ0v) is 10.3. The van der Waals surface area contributed by atoms with E-state index >= 15 is 0 Å². The van der Waals surface area contributed by atoms with Crippen molar-refractivity contribution in [3.05, 3.63) is 23.5 Å². The number of nitrogens with one attached hydrogen (secondary N) is 1. The van der Waals surface area contributed by atoms with Crippen LogP contribution in [-0.4, -0.2) is 26.4 Å². The Kier molecular flexibility index (Phi) is 3.31. The molecule has 0 radical (unpaired) electrons. The Morgan fingerprint density at radius 3 is 3.00 bits per heavy atom. The Morgan fingerprint density at radius 2 is 2.31 bits per heavy atom. The van der Waals surface area contributed by atoms with Gasteiger partial charge in [0.1, 0.15) is 5.01 Å². The highest BCUT2D eigenvalue weighted by Crippen LogP contribution is 2.18. The van der Waals surface area contributed by atoms with Crippen LogP contribution in [0.2, 0.25) is 0 Å². The van der Waals surface area contributed by atoms with Gasteiger partial charge in [-0.2, -0.15) is 9.61 Å². The Balaban J connectivity index is 2.20. The molecule has 0 atom stereocenters. The molecule has 0 spiro atoms. The molecule has 0 aliphatic carbocycles. The standard InChI is InChI=1S/C10H15N5S/c1-4-5-11-6-8-14-15-9(7(2)3)12-13-10(15)16-8/h4,7,11H,1,5-6H2,2-3H3. The van der Waals surface area contributed by atoms with E-state index in [1.165, 1.54) is 0 Å². The highest BCUT2D eigenvalue weighted by Gasteiger charge is 2.13. The number of nitrogens with zero attached hydrogens (tertiary/aromatic N) is 4. The minimum absolute atomic E-state index is 0.339. The molecule has 0 fully saturated rings. The molecule has 2 heterocycles. The Morgan fingerprint density at radius 1 is 1.50 bits per heavy atom. The predicted octanol–water partition coefficient (Wildman–Crippen LogP) is 1.58. The van der Waals surface area contributed by atoms with Crippen molar-refractivity contribution in [3.63, 3.8) is 0 Å². The topological polar surface area (TPSA) is 55.1 Å². The first-order valence-corrected chi connectivity index (χ1v) is 6.06. The van der Waals surface area contributed by atoms with E-state index in [-0.39, 0.29) is 0 Å². The summed E-state index contributed by atoms with van der Waals surface area (Å²) in [5, 5.41) is 16.9. The Bertz CT molecular complexity index is 484. The average molecular weight is 237 g/mol.